The third-order valence-corrected chi connectivity index (χ3v) is 1.32. The molecule has 0 saturated heterocycles. The third kappa shape index (κ3) is 1.68. The van der Waals surface area contributed by atoms with Crippen LogP contribution in [0.5, 0.6) is 0 Å². The number of hydrogen-bond acceptors (Lipinski definition) is 3. The first-order valence-corrected chi connectivity index (χ1v) is 3.11. The van der Waals surface area contributed by atoms with Crippen LogP contribution in [0.3, 0.4) is 0 Å². The smallest absolute Gasteiger partial charge is 0.334 e. The van der Waals surface area contributed by atoms with Crippen LogP contribution in [-0.2, 0) is 0 Å². The Morgan fingerprint density at radius 1 is 1.70 bits per heavy atom. The van der Waals surface area contributed by atoms with Crippen LogP contribution in [0.1, 0.15) is 12.8 Å². The lowest BCUT2D eigenvalue weighted by atomic mass is 10.7. The maximum absolute atomic E-state index is 10.7. The average Bonchev–Trinajstić information content (AvgIpc) is 2.70. The molecule has 0 radical (unpaired) electrons. The van der Waals surface area contributed by atoms with Crippen molar-refractivity contribution in [2.45, 2.75) is 18.9 Å². The number of rotatable bonds is 2. The van der Waals surface area contributed by atoms with Gasteiger partial charge in [-0.2, -0.15) is 5.01 Å². The Morgan fingerprint density at radius 3 is 2.70 bits per heavy atom. The van der Waals surface area contributed by atoms with Gasteiger partial charge in [0.15, 0.2) is 0 Å². The zero-order valence-corrected chi connectivity index (χ0v) is 5.70. The van der Waals surface area contributed by atoms with E-state index < -0.39 is 6.03 Å². The van der Waals surface area contributed by atoms with Crippen LogP contribution < -0.4 is 5.32 Å². The summed E-state index contributed by atoms with van der Waals surface area (Å²) in [6, 6.07) is -0.144. The fourth-order valence-corrected chi connectivity index (χ4v) is 0.533. The van der Waals surface area contributed by atoms with E-state index in [0.29, 0.717) is 0 Å². The van der Waals surface area contributed by atoms with Crippen LogP contribution in [0, 0.1) is 4.91 Å². The molecule has 0 atom stereocenters. The zero-order chi connectivity index (χ0) is 7.56. The van der Waals surface area contributed by atoms with E-state index in [2.05, 4.69) is 10.6 Å². The molecule has 0 bridgehead atoms. The lowest BCUT2D eigenvalue weighted by Crippen LogP contribution is -2.34. The molecule has 10 heavy (non-hydrogen) atoms. The van der Waals surface area contributed by atoms with Crippen molar-refractivity contribution in [3.8, 4) is 0 Å². The zero-order valence-electron chi connectivity index (χ0n) is 5.70. The first-order chi connectivity index (χ1) is 4.74. The van der Waals surface area contributed by atoms with E-state index in [-0.39, 0.29) is 6.04 Å². The summed E-state index contributed by atoms with van der Waals surface area (Å²) in [6.07, 6.45) is 2.02. The van der Waals surface area contributed by atoms with Gasteiger partial charge >= 0.3 is 6.03 Å². The number of nitrogens with zero attached hydrogens (tertiary/aromatic N) is 2. The first-order valence-electron chi connectivity index (χ1n) is 3.11. The van der Waals surface area contributed by atoms with E-state index in [1.807, 2.05) is 0 Å². The van der Waals surface area contributed by atoms with E-state index in [4.69, 9.17) is 0 Å². The lowest BCUT2D eigenvalue weighted by molar-refractivity contribution is 0.209. The Bertz CT molecular complexity index is 155. The number of carbonyl (C=O) groups excluding carboxylic acids is 1. The summed E-state index contributed by atoms with van der Waals surface area (Å²) >= 11 is 0. The van der Waals surface area contributed by atoms with E-state index >= 15 is 0 Å². The molecular formula is C5H9N3O2. The predicted octanol–water partition coefficient (Wildman–Crippen LogP) is 0.472. The Kier molecular flexibility index (Phi) is 1.84. The Labute approximate surface area is 58.3 Å². The fourth-order valence-electron chi connectivity index (χ4n) is 0.533. The maximum Gasteiger partial charge on any atom is 0.340 e. The van der Waals surface area contributed by atoms with Crippen LogP contribution >= 0.6 is 0 Å². The van der Waals surface area contributed by atoms with Gasteiger partial charge in [0.1, 0.15) is 0 Å². The number of urea groups is 1. The van der Waals surface area contributed by atoms with Gasteiger partial charge in [0.05, 0.1) is 5.29 Å². The highest BCUT2D eigenvalue weighted by atomic mass is 16.3. The Morgan fingerprint density at radius 2 is 2.30 bits per heavy atom. The van der Waals surface area contributed by atoms with Gasteiger partial charge in [-0.25, -0.2) is 4.79 Å². The van der Waals surface area contributed by atoms with E-state index in [1.165, 1.54) is 7.05 Å². The van der Waals surface area contributed by atoms with Crippen molar-refractivity contribution in [2.24, 2.45) is 5.29 Å². The van der Waals surface area contributed by atoms with Gasteiger partial charge in [-0.3, -0.25) is 0 Å². The minimum absolute atomic E-state index is 0.275. The summed E-state index contributed by atoms with van der Waals surface area (Å²) in [4.78, 5) is 20.5. The molecule has 1 aliphatic carbocycles. The largest absolute Gasteiger partial charge is 0.340 e. The molecule has 1 saturated carbocycles. The van der Waals surface area contributed by atoms with Gasteiger partial charge in [0, 0.05) is 13.1 Å². The molecule has 5 heteroatoms. The maximum atomic E-state index is 10.7. The molecule has 1 N–H and O–H groups in total. The van der Waals surface area contributed by atoms with Crippen LogP contribution in [-0.4, -0.2) is 24.1 Å². The van der Waals surface area contributed by atoms with Crippen molar-refractivity contribution in [3.05, 3.63) is 4.91 Å². The number of nitroso groups, excluding NO2 is 1. The predicted molar refractivity (Wildman–Crippen MR) is 35.1 cm³/mol. The topological polar surface area (TPSA) is 61.8 Å². The molecular weight excluding hydrogens is 134 g/mol. The molecule has 5 nitrogen and oxygen atoms in total. The van der Waals surface area contributed by atoms with Crippen LogP contribution in [0.4, 0.5) is 4.79 Å². The second-order valence-corrected chi connectivity index (χ2v) is 2.33. The molecule has 2 amide bonds. The van der Waals surface area contributed by atoms with Crippen LogP contribution in [0.2, 0.25) is 0 Å². The van der Waals surface area contributed by atoms with Gasteiger partial charge < -0.3 is 5.32 Å². The number of amides is 2. The van der Waals surface area contributed by atoms with Crippen LogP contribution in [0.25, 0.3) is 0 Å². The normalized spacial score (nSPS) is 16.1. The number of hydrogen-bond donors (Lipinski definition) is 1. The van der Waals surface area contributed by atoms with E-state index in [1.54, 1.807) is 0 Å². The van der Waals surface area contributed by atoms with E-state index in [0.717, 1.165) is 17.9 Å². The summed E-state index contributed by atoms with van der Waals surface area (Å²) in [5, 5.41) is 5.79. The van der Waals surface area contributed by atoms with Crippen molar-refractivity contribution in [1.29, 1.82) is 0 Å². The summed E-state index contributed by atoms with van der Waals surface area (Å²) < 4.78 is 0. The number of nitrogens with one attached hydrogen (secondary N) is 1. The summed E-state index contributed by atoms with van der Waals surface area (Å²) in [5.41, 5.74) is 0. The molecule has 1 rings (SSSR count). The first kappa shape index (κ1) is 6.98. The van der Waals surface area contributed by atoms with Crippen molar-refractivity contribution in [3.63, 3.8) is 0 Å². The highest BCUT2D eigenvalue weighted by Crippen LogP contribution is 2.18. The highest BCUT2D eigenvalue weighted by molar-refractivity contribution is 5.74. The SMILES string of the molecule is CN(N=O)C(=O)NC1CC1. The third-order valence-electron chi connectivity index (χ3n) is 1.32. The second-order valence-electron chi connectivity index (χ2n) is 2.33. The van der Waals surface area contributed by atoms with Gasteiger partial charge in [0.25, 0.3) is 0 Å². The Hall–Kier alpha value is -1.13. The summed E-state index contributed by atoms with van der Waals surface area (Å²) in [5.74, 6) is 0. The summed E-state index contributed by atoms with van der Waals surface area (Å²) in [6.45, 7) is 0. The molecule has 0 aliphatic heterocycles. The molecule has 0 heterocycles. The standard InChI is InChI=1S/C5H9N3O2/c1-8(7-10)5(9)6-4-2-3-4/h4H,2-3H2,1H3,(H,6,9). The fraction of sp³-hybridized carbons (Fsp3) is 0.800. The Balaban J connectivity index is 2.24. The molecule has 0 spiro atoms. The van der Waals surface area contributed by atoms with Crippen molar-refractivity contribution < 1.29 is 4.79 Å². The number of carbonyl (C=O) groups is 1. The van der Waals surface area contributed by atoms with Crippen molar-refractivity contribution in [2.75, 3.05) is 7.05 Å². The van der Waals surface area contributed by atoms with E-state index in [9.17, 15) is 9.70 Å². The van der Waals surface area contributed by atoms with Crippen molar-refractivity contribution >= 4 is 6.03 Å². The summed E-state index contributed by atoms with van der Waals surface area (Å²) in [7, 11) is 1.32. The van der Waals surface area contributed by atoms with Gasteiger partial charge in [-0.05, 0) is 12.8 Å². The highest BCUT2D eigenvalue weighted by Gasteiger charge is 2.24. The molecule has 1 fully saturated rings. The minimum atomic E-state index is -0.419. The molecule has 0 unspecified atom stereocenters. The minimum Gasteiger partial charge on any atom is -0.334 e. The molecule has 1 aliphatic rings. The van der Waals surface area contributed by atoms with Crippen molar-refractivity contribution in [1.82, 2.24) is 10.3 Å². The molecule has 56 valence electrons. The van der Waals surface area contributed by atoms with Gasteiger partial charge in [-0.15, -0.1) is 4.91 Å². The van der Waals surface area contributed by atoms with Gasteiger partial charge in [-0.1, -0.05) is 0 Å². The average molecular weight is 143 g/mol. The van der Waals surface area contributed by atoms with Gasteiger partial charge in [0.2, 0.25) is 0 Å². The molecule has 0 aromatic heterocycles. The molecule has 0 aromatic rings. The lowest BCUT2D eigenvalue weighted by Gasteiger charge is -2.06. The molecule has 0 aromatic carbocycles. The quantitative estimate of drug-likeness (QED) is 0.451. The van der Waals surface area contributed by atoms with Crippen LogP contribution in [0.15, 0.2) is 5.29 Å². The monoisotopic (exact) mass is 143 g/mol. The second kappa shape index (κ2) is 2.64.